The summed E-state index contributed by atoms with van der Waals surface area (Å²) in [5, 5.41) is 3.46. The maximum absolute atomic E-state index is 12.0. The fourth-order valence-corrected chi connectivity index (χ4v) is 2.67. The van der Waals surface area contributed by atoms with Gasteiger partial charge in [-0.3, -0.25) is 4.79 Å². The third-order valence-electron chi connectivity index (χ3n) is 3.20. The Morgan fingerprint density at radius 2 is 1.86 bits per heavy atom. The van der Waals surface area contributed by atoms with Crippen LogP contribution in [0.2, 0.25) is 10.0 Å². The van der Waals surface area contributed by atoms with Gasteiger partial charge in [0.1, 0.15) is 0 Å². The minimum absolute atomic E-state index is 0.106. The fraction of sp³-hybridized carbons (Fsp3) is 0.533. The number of anilines is 2. The summed E-state index contributed by atoms with van der Waals surface area (Å²) in [6, 6.07) is 3.56. The second-order valence-electron chi connectivity index (χ2n) is 5.29. The molecule has 0 spiro atoms. The van der Waals surface area contributed by atoms with Gasteiger partial charge in [-0.05, 0) is 38.9 Å². The minimum atomic E-state index is -0.106. The van der Waals surface area contributed by atoms with Gasteiger partial charge in [0.2, 0.25) is 5.91 Å². The van der Waals surface area contributed by atoms with Crippen molar-refractivity contribution in [2.45, 2.75) is 39.7 Å². The van der Waals surface area contributed by atoms with E-state index in [2.05, 4.69) is 31.0 Å². The number of carbonyl (C=O) groups is 1. The molecule has 0 unspecified atom stereocenters. The van der Waals surface area contributed by atoms with Gasteiger partial charge < -0.3 is 16.0 Å². The van der Waals surface area contributed by atoms with Crippen molar-refractivity contribution >= 4 is 40.5 Å². The molecule has 3 N–H and O–H groups in total. The molecule has 1 aromatic carbocycles. The van der Waals surface area contributed by atoms with Crippen LogP contribution >= 0.6 is 23.2 Å². The van der Waals surface area contributed by atoms with Crippen molar-refractivity contribution in [3.05, 3.63) is 22.2 Å². The number of nitrogens with two attached hydrogens (primary N) is 1. The first-order valence-electron chi connectivity index (χ1n) is 7.13. The summed E-state index contributed by atoms with van der Waals surface area (Å²) in [5.41, 5.74) is 6.53. The van der Waals surface area contributed by atoms with E-state index in [0.29, 0.717) is 40.4 Å². The molecular formula is C15H23Cl2N3O. The standard InChI is InChI=1S/C15H23Cl2N3O/c1-4-6-20(10(2)3)7-5-14(21)19-15-12(16)8-11(18)9-13(15)17/h8-10H,4-7,18H2,1-3H3,(H,19,21). The molecule has 0 saturated carbocycles. The molecule has 0 saturated heterocycles. The molecule has 0 fully saturated rings. The first kappa shape index (κ1) is 18.1. The Hall–Kier alpha value is -0.970. The summed E-state index contributed by atoms with van der Waals surface area (Å²) in [6.07, 6.45) is 1.46. The Balaban J connectivity index is 2.62. The van der Waals surface area contributed by atoms with Gasteiger partial charge in [0.25, 0.3) is 0 Å². The molecule has 21 heavy (non-hydrogen) atoms. The molecule has 0 heterocycles. The second-order valence-corrected chi connectivity index (χ2v) is 6.10. The predicted molar refractivity (Wildman–Crippen MR) is 91.1 cm³/mol. The van der Waals surface area contributed by atoms with E-state index >= 15 is 0 Å². The second kappa shape index (κ2) is 8.47. The molecule has 118 valence electrons. The lowest BCUT2D eigenvalue weighted by molar-refractivity contribution is -0.116. The lowest BCUT2D eigenvalue weighted by Gasteiger charge is -2.25. The van der Waals surface area contributed by atoms with Gasteiger partial charge in [-0.1, -0.05) is 30.1 Å². The van der Waals surface area contributed by atoms with Crippen LogP contribution in [0.5, 0.6) is 0 Å². The number of nitrogens with one attached hydrogen (secondary N) is 1. The highest BCUT2D eigenvalue weighted by atomic mass is 35.5. The van der Waals surface area contributed by atoms with E-state index in [9.17, 15) is 4.79 Å². The first-order valence-corrected chi connectivity index (χ1v) is 7.89. The summed E-state index contributed by atoms with van der Waals surface area (Å²) in [6.45, 7) is 8.07. The SMILES string of the molecule is CCCN(CCC(=O)Nc1c(Cl)cc(N)cc1Cl)C(C)C. The smallest absolute Gasteiger partial charge is 0.225 e. The predicted octanol–water partition coefficient (Wildman–Crippen LogP) is 4.02. The van der Waals surface area contributed by atoms with Crippen molar-refractivity contribution in [1.29, 1.82) is 0 Å². The van der Waals surface area contributed by atoms with E-state index in [1.54, 1.807) is 12.1 Å². The molecule has 4 nitrogen and oxygen atoms in total. The number of hydrogen-bond donors (Lipinski definition) is 2. The maximum atomic E-state index is 12.0. The Labute approximate surface area is 136 Å². The van der Waals surface area contributed by atoms with Crippen molar-refractivity contribution in [1.82, 2.24) is 4.90 Å². The summed E-state index contributed by atoms with van der Waals surface area (Å²) < 4.78 is 0. The lowest BCUT2D eigenvalue weighted by Crippen LogP contribution is -2.34. The normalized spacial score (nSPS) is 11.2. The van der Waals surface area contributed by atoms with Crippen LogP contribution in [0.25, 0.3) is 0 Å². The maximum Gasteiger partial charge on any atom is 0.225 e. The molecule has 1 aromatic rings. The van der Waals surface area contributed by atoms with E-state index in [-0.39, 0.29) is 5.91 Å². The third kappa shape index (κ3) is 5.73. The molecule has 1 rings (SSSR count). The van der Waals surface area contributed by atoms with Crippen LogP contribution in [0.15, 0.2) is 12.1 Å². The molecule has 0 atom stereocenters. The Morgan fingerprint density at radius 1 is 1.29 bits per heavy atom. The van der Waals surface area contributed by atoms with Crippen LogP contribution in [-0.4, -0.2) is 29.9 Å². The van der Waals surface area contributed by atoms with E-state index < -0.39 is 0 Å². The number of carbonyl (C=O) groups excluding carboxylic acids is 1. The number of hydrogen-bond acceptors (Lipinski definition) is 3. The van der Waals surface area contributed by atoms with Gasteiger partial charge in [0, 0.05) is 24.7 Å². The molecule has 1 amide bonds. The number of amides is 1. The first-order chi connectivity index (χ1) is 9.85. The number of rotatable bonds is 7. The zero-order valence-corrected chi connectivity index (χ0v) is 14.3. The van der Waals surface area contributed by atoms with Gasteiger partial charge in [-0.15, -0.1) is 0 Å². The van der Waals surface area contributed by atoms with Crippen molar-refractivity contribution < 1.29 is 4.79 Å². The third-order valence-corrected chi connectivity index (χ3v) is 3.79. The summed E-state index contributed by atoms with van der Waals surface area (Å²) in [5.74, 6) is -0.106. The van der Waals surface area contributed by atoms with Gasteiger partial charge in [-0.2, -0.15) is 0 Å². The van der Waals surface area contributed by atoms with Crippen LogP contribution in [-0.2, 0) is 4.79 Å². The molecule has 0 aliphatic carbocycles. The highest BCUT2D eigenvalue weighted by molar-refractivity contribution is 6.40. The minimum Gasteiger partial charge on any atom is -0.399 e. The molecule has 0 bridgehead atoms. The zero-order valence-electron chi connectivity index (χ0n) is 12.7. The van der Waals surface area contributed by atoms with Crippen molar-refractivity contribution in [2.24, 2.45) is 0 Å². The van der Waals surface area contributed by atoms with Gasteiger partial charge >= 0.3 is 0 Å². The largest absolute Gasteiger partial charge is 0.399 e. The van der Waals surface area contributed by atoms with Gasteiger partial charge in [0.15, 0.2) is 0 Å². The van der Waals surface area contributed by atoms with Crippen LogP contribution in [0.4, 0.5) is 11.4 Å². The van der Waals surface area contributed by atoms with Crippen LogP contribution < -0.4 is 11.1 Å². The van der Waals surface area contributed by atoms with Crippen LogP contribution in [0, 0.1) is 0 Å². The summed E-state index contributed by atoms with van der Waals surface area (Å²) in [4.78, 5) is 14.3. The van der Waals surface area contributed by atoms with Crippen molar-refractivity contribution in [3.8, 4) is 0 Å². The topological polar surface area (TPSA) is 58.4 Å². The average Bonchev–Trinajstić information content (AvgIpc) is 2.38. The molecule has 6 heteroatoms. The van der Waals surface area contributed by atoms with Gasteiger partial charge in [0.05, 0.1) is 15.7 Å². The Kier molecular flexibility index (Phi) is 7.29. The Morgan fingerprint density at radius 3 is 2.33 bits per heavy atom. The molecule has 0 aliphatic rings. The highest BCUT2D eigenvalue weighted by Gasteiger charge is 2.14. The summed E-state index contributed by atoms with van der Waals surface area (Å²) >= 11 is 12.1. The fourth-order valence-electron chi connectivity index (χ4n) is 2.07. The van der Waals surface area contributed by atoms with Crippen molar-refractivity contribution in [2.75, 3.05) is 24.1 Å². The van der Waals surface area contributed by atoms with Gasteiger partial charge in [-0.25, -0.2) is 0 Å². The average molecular weight is 332 g/mol. The molecule has 0 aliphatic heterocycles. The van der Waals surface area contributed by atoms with Crippen LogP contribution in [0.1, 0.15) is 33.6 Å². The number of nitrogen functional groups attached to an aromatic ring is 1. The molecule has 0 radical (unpaired) electrons. The lowest BCUT2D eigenvalue weighted by atomic mass is 10.2. The summed E-state index contributed by atoms with van der Waals surface area (Å²) in [7, 11) is 0. The number of halogens is 2. The van der Waals surface area contributed by atoms with Crippen LogP contribution in [0.3, 0.4) is 0 Å². The van der Waals surface area contributed by atoms with E-state index in [1.165, 1.54) is 0 Å². The zero-order chi connectivity index (χ0) is 16.0. The van der Waals surface area contributed by atoms with Crippen molar-refractivity contribution in [3.63, 3.8) is 0 Å². The highest BCUT2D eigenvalue weighted by Crippen LogP contribution is 2.32. The quantitative estimate of drug-likeness (QED) is 0.741. The molecule has 0 aromatic heterocycles. The number of nitrogens with zero attached hydrogens (tertiary/aromatic N) is 1. The Bertz CT molecular complexity index is 469. The molecular weight excluding hydrogens is 309 g/mol. The number of benzene rings is 1. The van der Waals surface area contributed by atoms with E-state index in [1.807, 2.05) is 0 Å². The monoisotopic (exact) mass is 331 g/mol. The van der Waals surface area contributed by atoms with E-state index in [4.69, 9.17) is 28.9 Å². The van der Waals surface area contributed by atoms with E-state index in [0.717, 1.165) is 13.0 Å².